The molecule has 0 aliphatic heterocycles. The summed E-state index contributed by atoms with van der Waals surface area (Å²) in [7, 11) is 0. The van der Waals surface area contributed by atoms with Crippen molar-refractivity contribution in [3.05, 3.63) is 29.7 Å². The average Bonchev–Trinajstić information content (AvgIpc) is 2.98. The summed E-state index contributed by atoms with van der Waals surface area (Å²) in [4.78, 5) is 11.7. The molecule has 6 N–H and O–H groups in total. The number of aromatic nitrogens is 4. The van der Waals surface area contributed by atoms with E-state index in [0.717, 1.165) is 0 Å². The monoisotopic (exact) mass is 235 g/mol. The third kappa shape index (κ3) is 2.07. The van der Waals surface area contributed by atoms with Gasteiger partial charge in [-0.2, -0.15) is 10.2 Å². The van der Waals surface area contributed by atoms with Crippen LogP contribution in [0.2, 0.25) is 0 Å². The highest BCUT2D eigenvalue weighted by Crippen LogP contribution is 2.11. The number of oxime groups is 1. The van der Waals surface area contributed by atoms with Crippen molar-refractivity contribution in [1.29, 1.82) is 0 Å². The van der Waals surface area contributed by atoms with Crippen LogP contribution in [0.1, 0.15) is 16.1 Å². The predicted octanol–water partition coefficient (Wildman–Crippen LogP) is -0.520. The number of carbonyl (C=O) groups is 1. The van der Waals surface area contributed by atoms with Crippen LogP contribution in [-0.2, 0) is 0 Å². The maximum atomic E-state index is 11.7. The molecule has 2 aromatic rings. The molecule has 0 spiro atoms. The molecule has 0 radical (unpaired) electrons. The Hall–Kier alpha value is -2.84. The van der Waals surface area contributed by atoms with E-state index in [1.165, 1.54) is 18.5 Å². The summed E-state index contributed by atoms with van der Waals surface area (Å²) in [5.41, 5.74) is 5.98. The average molecular weight is 235 g/mol. The van der Waals surface area contributed by atoms with Crippen molar-refractivity contribution in [3.8, 4) is 0 Å². The smallest absolute Gasteiger partial charge is 0.274 e. The lowest BCUT2D eigenvalue weighted by molar-refractivity contribution is 0.102. The van der Waals surface area contributed by atoms with Gasteiger partial charge in [-0.15, -0.1) is 0 Å². The lowest BCUT2D eigenvalue weighted by Crippen LogP contribution is -2.18. The zero-order chi connectivity index (χ0) is 12.3. The molecule has 2 rings (SSSR count). The number of amides is 1. The number of nitrogens with two attached hydrogens (primary N) is 1. The highest BCUT2D eigenvalue weighted by molar-refractivity contribution is 6.08. The number of rotatable bonds is 3. The van der Waals surface area contributed by atoms with E-state index >= 15 is 0 Å². The maximum absolute atomic E-state index is 11.7. The highest BCUT2D eigenvalue weighted by Gasteiger charge is 2.14. The fourth-order valence-electron chi connectivity index (χ4n) is 1.19. The standard InChI is InChI=1S/C8H9N7O2/c9-6(15-17)4-3-11-14-7(4)12-8(16)5-1-2-10-13-5/h1-3,17H,(H2,9,15)(H,10,13)(H2,11,12,14,16). The molecule has 9 heteroatoms. The summed E-state index contributed by atoms with van der Waals surface area (Å²) >= 11 is 0. The Morgan fingerprint density at radius 3 is 2.94 bits per heavy atom. The van der Waals surface area contributed by atoms with Crippen LogP contribution >= 0.6 is 0 Å². The van der Waals surface area contributed by atoms with Gasteiger partial charge in [0.15, 0.2) is 5.84 Å². The van der Waals surface area contributed by atoms with Gasteiger partial charge in [0.2, 0.25) is 0 Å². The van der Waals surface area contributed by atoms with E-state index in [1.54, 1.807) is 0 Å². The van der Waals surface area contributed by atoms with Crippen molar-refractivity contribution in [2.75, 3.05) is 5.32 Å². The molecule has 0 saturated heterocycles. The van der Waals surface area contributed by atoms with Crippen LogP contribution in [0.15, 0.2) is 23.6 Å². The molecular formula is C8H9N7O2. The van der Waals surface area contributed by atoms with Crippen molar-refractivity contribution in [2.45, 2.75) is 0 Å². The van der Waals surface area contributed by atoms with Crippen LogP contribution in [0.3, 0.4) is 0 Å². The van der Waals surface area contributed by atoms with E-state index in [1.807, 2.05) is 0 Å². The molecule has 1 amide bonds. The topological polar surface area (TPSA) is 145 Å². The summed E-state index contributed by atoms with van der Waals surface area (Å²) < 4.78 is 0. The molecule has 0 saturated carbocycles. The number of hydrogen-bond acceptors (Lipinski definition) is 5. The zero-order valence-electron chi connectivity index (χ0n) is 8.51. The number of amidine groups is 1. The van der Waals surface area contributed by atoms with Gasteiger partial charge in [-0.05, 0) is 6.07 Å². The molecule has 0 aliphatic carbocycles. The van der Waals surface area contributed by atoms with E-state index in [2.05, 4.69) is 30.9 Å². The number of anilines is 1. The first kappa shape index (κ1) is 10.7. The summed E-state index contributed by atoms with van der Waals surface area (Å²) in [5, 5.41) is 26.2. The van der Waals surface area contributed by atoms with Crippen molar-refractivity contribution in [2.24, 2.45) is 10.9 Å². The molecule has 9 nitrogen and oxygen atoms in total. The Morgan fingerprint density at radius 2 is 2.29 bits per heavy atom. The number of hydrogen-bond donors (Lipinski definition) is 5. The van der Waals surface area contributed by atoms with Crippen molar-refractivity contribution in [1.82, 2.24) is 20.4 Å². The number of nitrogens with zero attached hydrogens (tertiary/aromatic N) is 3. The first-order chi connectivity index (χ1) is 8.22. The second kappa shape index (κ2) is 4.35. The fourth-order valence-corrected chi connectivity index (χ4v) is 1.19. The minimum absolute atomic E-state index is 0.154. The van der Waals surface area contributed by atoms with Gasteiger partial charge in [0, 0.05) is 6.20 Å². The third-order valence-corrected chi connectivity index (χ3v) is 2.01. The molecule has 0 fully saturated rings. The van der Waals surface area contributed by atoms with Gasteiger partial charge < -0.3 is 16.3 Å². The SMILES string of the molecule is N/C(=N\O)c1cn[nH]c1NC(=O)c1ccn[nH]1. The second-order valence-electron chi connectivity index (χ2n) is 3.07. The first-order valence-corrected chi connectivity index (χ1v) is 4.54. The van der Waals surface area contributed by atoms with Gasteiger partial charge in [0.25, 0.3) is 5.91 Å². The van der Waals surface area contributed by atoms with E-state index in [0.29, 0.717) is 5.56 Å². The minimum atomic E-state index is -0.418. The number of H-pyrrole nitrogens is 2. The van der Waals surface area contributed by atoms with Gasteiger partial charge >= 0.3 is 0 Å². The molecule has 88 valence electrons. The normalized spacial score (nSPS) is 11.4. The number of aromatic amines is 2. The zero-order valence-corrected chi connectivity index (χ0v) is 8.51. The molecule has 2 heterocycles. The Balaban J connectivity index is 2.20. The van der Waals surface area contributed by atoms with Gasteiger partial charge in [0.1, 0.15) is 11.5 Å². The predicted molar refractivity (Wildman–Crippen MR) is 57.6 cm³/mol. The maximum Gasteiger partial charge on any atom is 0.274 e. The molecule has 0 unspecified atom stereocenters. The lowest BCUT2D eigenvalue weighted by Gasteiger charge is -2.02. The van der Waals surface area contributed by atoms with Crippen molar-refractivity contribution >= 4 is 17.6 Å². The molecule has 0 aliphatic rings. The molecule has 0 bridgehead atoms. The summed E-state index contributed by atoms with van der Waals surface area (Å²) in [6.45, 7) is 0. The Kier molecular flexibility index (Phi) is 2.73. The van der Waals surface area contributed by atoms with Crippen molar-refractivity contribution in [3.63, 3.8) is 0 Å². The van der Waals surface area contributed by atoms with Crippen LogP contribution in [0.25, 0.3) is 0 Å². The van der Waals surface area contributed by atoms with Crippen molar-refractivity contribution < 1.29 is 10.0 Å². The molecule has 0 aromatic carbocycles. The summed E-state index contributed by atoms with van der Waals surface area (Å²) in [5.74, 6) is -0.336. The fraction of sp³-hybridized carbons (Fsp3) is 0. The Morgan fingerprint density at radius 1 is 1.47 bits per heavy atom. The second-order valence-corrected chi connectivity index (χ2v) is 3.07. The lowest BCUT2D eigenvalue weighted by atomic mass is 10.3. The van der Waals surface area contributed by atoms with Gasteiger partial charge in [-0.1, -0.05) is 5.16 Å². The van der Waals surface area contributed by atoms with Crippen LogP contribution in [0, 0.1) is 0 Å². The van der Waals surface area contributed by atoms with E-state index in [9.17, 15) is 4.79 Å². The van der Waals surface area contributed by atoms with E-state index in [4.69, 9.17) is 10.9 Å². The van der Waals surface area contributed by atoms with Gasteiger partial charge in [0.05, 0.1) is 11.8 Å². The Bertz CT molecular complexity index is 542. The largest absolute Gasteiger partial charge is 0.409 e. The highest BCUT2D eigenvalue weighted by atomic mass is 16.4. The molecule has 0 atom stereocenters. The summed E-state index contributed by atoms with van der Waals surface area (Å²) in [6.07, 6.45) is 2.78. The van der Waals surface area contributed by atoms with Gasteiger partial charge in [-0.3, -0.25) is 15.0 Å². The minimum Gasteiger partial charge on any atom is -0.409 e. The van der Waals surface area contributed by atoms with Gasteiger partial charge in [-0.25, -0.2) is 0 Å². The number of carbonyl (C=O) groups excluding carboxylic acids is 1. The van der Waals surface area contributed by atoms with Crippen LogP contribution < -0.4 is 11.1 Å². The van der Waals surface area contributed by atoms with E-state index in [-0.39, 0.29) is 17.3 Å². The van der Waals surface area contributed by atoms with Crippen LogP contribution in [-0.4, -0.2) is 37.3 Å². The molecule has 17 heavy (non-hydrogen) atoms. The Labute approximate surface area is 94.7 Å². The summed E-state index contributed by atoms with van der Waals surface area (Å²) in [6, 6.07) is 1.51. The molecular weight excluding hydrogens is 226 g/mol. The van der Waals surface area contributed by atoms with Crippen LogP contribution in [0.5, 0.6) is 0 Å². The third-order valence-electron chi connectivity index (χ3n) is 2.01. The van der Waals surface area contributed by atoms with E-state index < -0.39 is 5.91 Å². The molecule has 2 aromatic heterocycles. The quantitative estimate of drug-likeness (QED) is 0.210. The number of nitrogens with one attached hydrogen (secondary N) is 3. The first-order valence-electron chi connectivity index (χ1n) is 4.54. The van der Waals surface area contributed by atoms with Crippen LogP contribution in [0.4, 0.5) is 5.82 Å².